The van der Waals surface area contributed by atoms with E-state index >= 15 is 0 Å². The summed E-state index contributed by atoms with van der Waals surface area (Å²) < 4.78 is 16.8. The van der Waals surface area contributed by atoms with Crippen LogP contribution in [0.15, 0.2) is 0 Å². The van der Waals surface area contributed by atoms with Crippen molar-refractivity contribution in [2.24, 2.45) is 11.8 Å². The minimum atomic E-state index is -0.762. The van der Waals surface area contributed by atoms with Crippen LogP contribution >= 0.6 is 0 Å². The Morgan fingerprint density at radius 3 is 0.950 bits per heavy atom. The third-order valence-corrected chi connectivity index (χ3v) is 12.6. The smallest absolute Gasteiger partial charge is 0.306 e. The Bertz CT molecular complexity index is 918. The zero-order valence-electron chi connectivity index (χ0n) is 41.1. The first-order valence-corrected chi connectivity index (χ1v) is 26.8. The second-order valence-electron chi connectivity index (χ2n) is 19.2. The van der Waals surface area contributed by atoms with E-state index in [1.807, 2.05) is 0 Å². The summed E-state index contributed by atoms with van der Waals surface area (Å²) in [6.07, 6.45) is 47.9. The number of hydrogen-bond donors (Lipinski definition) is 0. The summed E-state index contributed by atoms with van der Waals surface area (Å²) in [5.41, 5.74) is 0. The van der Waals surface area contributed by atoms with E-state index in [9.17, 15) is 14.4 Å². The van der Waals surface area contributed by atoms with Gasteiger partial charge in [0, 0.05) is 19.3 Å². The van der Waals surface area contributed by atoms with Gasteiger partial charge in [-0.1, -0.05) is 259 Å². The van der Waals surface area contributed by atoms with Crippen molar-refractivity contribution in [2.75, 3.05) is 13.2 Å². The molecule has 356 valence electrons. The second kappa shape index (κ2) is 46.9. The monoisotopic (exact) mass is 849 g/mol. The molecule has 0 rings (SSSR count). The lowest BCUT2D eigenvalue weighted by Crippen LogP contribution is -2.30. The Morgan fingerprint density at radius 2 is 0.633 bits per heavy atom. The third-order valence-electron chi connectivity index (χ3n) is 12.6. The van der Waals surface area contributed by atoms with Crippen LogP contribution in [-0.2, 0) is 28.6 Å². The van der Waals surface area contributed by atoms with Gasteiger partial charge in [-0.25, -0.2) is 0 Å². The first-order valence-electron chi connectivity index (χ1n) is 26.8. The molecule has 1 unspecified atom stereocenters. The Balaban J connectivity index is 4.33. The average Bonchev–Trinajstić information content (AvgIpc) is 3.23. The normalized spacial score (nSPS) is 12.5. The number of rotatable bonds is 48. The van der Waals surface area contributed by atoms with Crippen molar-refractivity contribution in [1.29, 1.82) is 0 Å². The van der Waals surface area contributed by atoms with Crippen LogP contribution in [-0.4, -0.2) is 37.2 Å². The summed E-state index contributed by atoms with van der Waals surface area (Å²) >= 11 is 0. The van der Waals surface area contributed by atoms with Crippen LogP contribution in [0, 0.1) is 11.8 Å². The summed E-state index contributed by atoms with van der Waals surface area (Å²) in [6, 6.07) is 0. The molecule has 0 aliphatic rings. The van der Waals surface area contributed by atoms with Crippen molar-refractivity contribution in [2.45, 2.75) is 304 Å². The van der Waals surface area contributed by atoms with Gasteiger partial charge < -0.3 is 14.2 Å². The van der Waals surface area contributed by atoms with Crippen LogP contribution in [0.3, 0.4) is 0 Å². The van der Waals surface area contributed by atoms with Crippen LogP contribution in [0.1, 0.15) is 298 Å². The van der Waals surface area contributed by atoms with Gasteiger partial charge in [-0.15, -0.1) is 0 Å². The molecule has 0 fully saturated rings. The number of carbonyl (C=O) groups excluding carboxylic acids is 3. The van der Waals surface area contributed by atoms with E-state index in [2.05, 4.69) is 34.6 Å². The molecule has 0 amide bonds. The van der Waals surface area contributed by atoms with Gasteiger partial charge in [0.25, 0.3) is 0 Å². The minimum absolute atomic E-state index is 0.0636. The average molecular weight is 849 g/mol. The van der Waals surface area contributed by atoms with E-state index in [-0.39, 0.29) is 31.1 Å². The predicted molar refractivity (Wildman–Crippen MR) is 256 cm³/mol. The van der Waals surface area contributed by atoms with Crippen LogP contribution in [0.25, 0.3) is 0 Å². The predicted octanol–water partition coefficient (Wildman–Crippen LogP) is 17.3. The lowest BCUT2D eigenvalue weighted by molar-refractivity contribution is -0.167. The van der Waals surface area contributed by atoms with E-state index in [1.54, 1.807) is 0 Å². The lowest BCUT2D eigenvalue weighted by atomic mass is 9.99. The molecule has 0 N–H and O–H groups in total. The third kappa shape index (κ3) is 45.9. The number of unbranched alkanes of at least 4 members (excludes halogenated alkanes) is 32. The SMILES string of the molecule is CCCCCCCCCCCCCCCCC(=O)O[C@H](COC(=O)CCCCCCCCCCCCCC(C)C)COC(=O)CCCCCCCCCCCCC(C)CC. The molecule has 2 atom stereocenters. The lowest BCUT2D eigenvalue weighted by Gasteiger charge is -2.18. The molecule has 0 bridgehead atoms. The highest BCUT2D eigenvalue weighted by atomic mass is 16.6. The maximum atomic E-state index is 12.8. The summed E-state index contributed by atoms with van der Waals surface area (Å²) in [5.74, 6) is 0.851. The van der Waals surface area contributed by atoms with E-state index in [0.29, 0.717) is 19.3 Å². The zero-order chi connectivity index (χ0) is 44.0. The highest BCUT2D eigenvalue weighted by molar-refractivity contribution is 5.71. The topological polar surface area (TPSA) is 78.9 Å². The van der Waals surface area contributed by atoms with Crippen LogP contribution in [0.2, 0.25) is 0 Å². The van der Waals surface area contributed by atoms with Crippen molar-refractivity contribution >= 4 is 17.9 Å². The molecule has 0 aromatic carbocycles. The molecule has 0 aromatic heterocycles. The molecule has 0 aliphatic carbocycles. The number of esters is 3. The molecular formula is C54H104O6. The van der Waals surface area contributed by atoms with Gasteiger partial charge in [-0.05, 0) is 31.1 Å². The standard InChI is InChI=1S/C54H104O6/c1-6-8-9-10-11-12-13-14-15-18-26-31-36-41-46-54(57)60-51(47-58-52(55)44-39-34-29-24-19-16-17-22-27-32-37-42-49(3)4)48-59-53(56)45-40-35-30-25-21-20-23-28-33-38-43-50(5)7-2/h49-51H,6-48H2,1-5H3/t50?,51-/m1/s1. The molecule has 0 spiro atoms. The van der Waals surface area contributed by atoms with Crippen LogP contribution in [0.4, 0.5) is 0 Å². The van der Waals surface area contributed by atoms with Crippen LogP contribution < -0.4 is 0 Å². The molecule has 6 nitrogen and oxygen atoms in total. The first-order chi connectivity index (χ1) is 29.3. The highest BCUT2D eigenvalue weighted by Gasteiger charge is 2.19. The summed E-state index contributed by atoms with van der Waals surface area (Å²) in [6.45, 7) is 11.4. The van der Waals surface area contributed by atoms with Crippen molar-refractivity contribution < 1.29 is 28.6 Å². The van der Waals surface area contributed by atoms with Crippen molar-refractivity contribution in [3.8, 4) is 0 Å². The molecule has 0 heterocycles. The number of ether oxygens (including phenoxy) is 3. The Kier molecular flexibility index (Phi) is 45.7. The number of carbonyl (C=O) groups is 3. The fourth-order valence-corrected chi connectivity index (χ4v) is 8.13. The largest absolute Gasteiger partial charge is 0.462 e. The zero-order valence-corrected chi connectivity index (χ0v) is 41.1. The summed E-state index contributed by atoms with van der Waals surface area (Å²) in [5, 5.41) is 0. The van der Waals surface area contributed by atoms with Gasteiger partial charge >= 0.3 is 17.9 Å². The van der Waals surface area contributed by atoms with Gasteiger partial charge in [0.05, 0.1) is 0 Å². The van der Waals surface area contributed by atoms with E-state index in [4.69, 9.17) is 14.2 Å². The molecule has 0 saturated heterocycles. The van der Waals surface area contributed by atoms with Gasteiger partial charge in [0.1, 0.15) is 13.2 Å². The Hall–Kier alpha value is -1.59. The fourth-order valence-electron chi connectivity index (χ4n) is 8.13. The van der Waals surface area contributed by atoms with Crippen LogP contribution in [0.5, 0.6) is 0 Å². The highest BCUT2D eigenvalue weighted by Crippen LogP contribution is 2.18. The fraction of sp³-hybridized carbons (Fsp3) is 0.944. The van der Waals surface area contributed by atoms with E-state index < -0.39 is 6.10 Å². The van der Waals surface area contributed by atoms with Crippen molar-refractivity contribution in [1.82, 2.24) is 0 Å². The van der Waals surface area contributed by atoms with E-state index in [1.165, 1.54) is 186 Å². The molecule has 60 heavy (non-hydrogen) atoms. The van der Waals surface area contributed by atoms with Gasteiger partial charge in [-0.3, -0.25) is 14.4 Å². The van der Waals surface area contributed by atoms with Gasteiger partial charge in [0.2, 0.25) is 0 Å². The maximum absolute atomic E-state index is 12.8. The quantitative estimate of drug-likeness (QED) is 0.0345. The minimum Gasteiger partial charge on any atom is -0.462 e. The van der Waals surface area contributed by atoms with E-state index in [0.717, 1.165) is 69.6 Å². The summed E-state index contributed by atoms with van der Waals surface area (Å²) in [7, 11) is 0. The molecule has 6 heteroatoms. The van der Waals surface area contributed by atoms with Gasteiger partial charge in [0.15, 0.2) is 6.10 Å². The molecular weight excluding hydrogens is 745 g/mol. The van der Waals surface area contributed by atoms with Crippen molar-refractivity contribution in [3.63, 3.8) is 0 Å². The Morgan fingerprint density at radius 1 is 0.350 bits per heavy atom. The van der Waals surface area contributed by atoms with Gasteiger partial charge in [-0.2, -0.15) is 0 Å². The maximum Gasteiger partial charge on any atom is 0.306 e. The second-order valence-corrected chi connectivity index (χ2v) is 19.2. The first kappa shape index (κ1) is 58.4. The number of hydrogen-bond acceptors (Lipinski definition) is 6. The molecule has 0 saturated carbocycles. The van der Waals surface area contributed by atoms with Crippen molar-refractivity contribution in [3.05, 3.63) is 0 Å². The Labute approximate surface area is 374 Å². The summed E-state index contributed by atoms with van der Waals surface area (Å²) in [4.78, 5) is 38.0. The molecule has 0 aliphatic heterocycles. The molecule has 0 aromatic rings. The molecule has 0 radical (unpaired) electrons.